The molecule has 21 heavy (non-hydrogen) atoms. The van der Waals surface area contributed by atoms with Crippen LogP contribution in [0.4, 0.5) is 0 Å². The van der Waals surface area contributed by atoms with Gasteiger partial charge in [0.15, 0.2) is 0 Å². The van der Waals surface area contributed by atoms with Crippen LogP contribution in [0.15, 0.2) is 12.3 Å². The molecular formula is C17H32N4. The molecule has 1 N–H and O–H groups in total. The van der Waals surface area contributed by atoms with Crippen molar-refractivity contribution in [1.29, 1.82) is 0 Å². The minimum absolute atomic E-state index is 0.250. The predicted octanol–water partition coefficient (Wildman–Crippen LogP) is 2.60. The fourth-order valence-electron chi connectivity index (χ4n) is 3.53. The van der Waals surface area contributed by atoms with Crippen molar-refractivity contribution >= 4 is 0 Å². The summed E-state index contributed by atoms with van der Waals surface area (Å²) in [4.78, 5) is 2.74. The third kappa shape index (κ3) is 3.32. The van der Waals surface area contributed by atoms with Crippen LogP contribution in [0.2, 0.25) is 0 Å². The van der Waals surface area contributed by atoms with E-state index in [0.717, 1.165) is 26.1 Å². The lowest BCUT2D eigenvalue weighted by Crippen LogP contribution is -2.68. The van der Waals surface area contributed by atoms with Crippen LogP contribution in [0.25, 0.3) is 0 Å². The van der Waals surface area contributed by atoms with Crippen LogP contribution in [0.3, 0.4) is 0 Å². The third-order valence-electron chi connectivity index (χ3n) is 5.71. The van der Waals surface area contributed by atoms with Crippen molar-refractivity contribution in [2.24, 2.45) is 7.05 Å². The molecule has 0 amide bonds. The smallest absolute Gasteiger partial charge is 0.0492 e. The van der Waals surface area contributed by atoms with E-state index in [1.165, 1.54) is 25.0 Å². The summed E-state index contributed by atoms with van der Waals surface area (Å²) in [6.07, 6.45) is 6.58. The van der Waals surface area contributed by atoms with Crippen molar-refractivity contribution in [2.75, 3.05) is 19.6 Å². The normalized spacial score (nSPS) is 26.1. The summed E-state index contributed by atoms with van der Waals surface area (Å²) >= 11 is 0. The van der Waals surface area contributed by atoms with Gasteiger partial charge in [0.1, 0.15) is 0 Å². The maximum Gasteiger partial charge on any atom is 0.0492 e. The van der Waals surface area contributed by atoms with E-state index in [1.54, 1.807) is 0 Å². The Morgan fingerprint density at radius 2 is 1.95 bits per heavy atom. The first-order valence-corrected chi connectivity index (χ1v) is 8.45. The van der Waals surface area contributed by atoms with Gasteiger partial charge in [-0.05, 0) is 32.3 Å². The number of rotatable bonds is 6. The molecule has 1 aromatic rings. The molecule has 0 aliphatic carbocycles. The van der Waals surface area contributed by atoms with Gasteiger partial charge >= 0.3 is 0 Å². The Kier molecular flexibility index (Phi) is 5.10. The van der Waals surface area contributed by atoms with Gasteiger partial charge in [-0.25, -0.2) is 0 Å². The van der Waals surface area contributed by atoms with Crippen molar-refractivity contribution in [2.45, 2.75) is 64.5 Å². The summed E-state index contributed by atoms with van der Waals surface area (Å²) in [5, 5.41) is 8.10. The maximum absolute atomic E-state index is 4.29. The van der Waals surface area contributed by atoms with Gasteiger partial charge in [-0.1, -0.05) is 20.8 Å². The second kappa shape index (κ2) is 6.49. The highest BCUT2D eigenvalue weighted by Gasteiger charge is 2.42. The van der Waals surface area contributed by atoms with E-state index >= 15 is 0 Å². The number of nitrogens with zero attached hydrogens (tertiary/aromatic N) is 3. The number of piperazine rings is 1. The van der Waals surface area contributed by atoms with Crippen LogP contribution < -0.4 is 5.32 Å². The first kappa shape index (κ1) is 16.5. The summed E-state index contributed by atoms with van der Waals surface area (Å²) in [5.74, 6) is 0. The van der Waals surface area contributed by atoms with Crippen molar-refractivity contribution in [1.82, 2.24) is 20.0 Å². The zero-order chi connectivity index (χ0) is 15.5. The summed E-state index contributed by atoms with van der Waals surface area (Å²) in [5.41, 5.74) is 1.89. The summed E-state index contributed by atoms with van der Waals surface area (Å²) in [6.45, 7) is 12.7. The first-order chi connectivity index (χ1) is 9.98. The molecule has 1 aliphatic heterocycles. The molecule has 120 valence electrons. The molecule has 0 spiro atoms. The summed E-state index contributed by atoms with van der Waals surface area (Å²) in [6, 6.07) is 2.14. The molecule has 2 rings (SSSR count). The topological polar surface area (TPSA) is 33.1 Å². The second-order valence-corrected chi connectivity index (χ2v) is 6.82. The molecule has 0 bridgehead atoms. The van der Waals surface area contributed by atoms with Crippen LogP contribution in [0.1, 0.15) is 52.7 Å². The molecule has 1 fully saturated rings. The lowest BCUT2D eigenvalue weighted by molar-refractivity contribution is 0.00299. The van der Waals surface area contributed by atoms with E-state index < -0.39 is 0 Å². The van der Waals surface area contributed by atoms with Gasteiger partial charge in [0.2, 0.25) is 0 Å². The predicted molar refractivity (Wildman–Crippen MR) is 88.5 cm³/mol. The molecule has 0 radical (unpaired) electrons. The SMILES string of the molecule is CCC1(C)CN(CCc2ccnn2C)C(CC)(CC)CN1. The summed E-state index contributed by atoms with van der Waals surface area (Å²) in [7, 11) is 2.04. The van der Waals surface area contributed by atoms with Crippen molar-refractivity contribution in [3.63, 3.8) is 0 Å². The number of hydrogen-bond acceptors (Lipinski definition) is 3. The Hall–Kier alpha value is -0.870. The largest absolute Gasteiger partial charge is 0.308 e. The van der Waals surface area contributed by atoms with Crippen LogP contribution in [0.5, 0.6) is 0 Å². The molecule has 1 saturated heterocycles. The molecule has 4 heteroatoms. The fourth-order valence-corrected chi connectivity index (χ4v) is 3.53. The zero-order valence-corrected chi connectivity index (χ0v) is 14.4. The quantitative estimate of drug-likeness (QED) is 0.875. The van der Waals surface area contributed by atoms with Gasteiger partial charge in [0.25, 0.3) is 0 Å². The molecule has 4 nitrogen and oxygen atoms in total. The minimum atomic E-state index is 0.250. The van der Waals surface area contributed by atoms with E-state index in [1.807, 2.05) is 17.9 Å². The Morgan fingerprint density at radius 1 is 1.24 bits per heavy atom. The Bertz CT molecular complexity index is 449. The molecule has 0 saturated carbocycles. The third-order valence-corrected chi connectivity index (χ3v) is 5.71. The van der Waals surface area contributed by atoms with Crippen LogP contribution in [-0.2, 0) is 13.5 Å². The highest BCUT2D eigenvalue weighted by molar-refractivity contribution is 5.05. The Morgan fingerprint density at radius 3 is 2.48 bits per heavy atom. The molecule has 1 unspecified atom stereocenters. The Labute approximate surface area is 129 Å². The molecule has 1 aliphatic rings. The van der Waals surface area contributed by atoms with Crippen LogP contribution in [-0.4, -0.2) is 45.4 Å². The molecule has 1 atom stereocenters. The van der Waals surface area contributed by atoms with Crippen LogP contribution in [0, 0.1) is 0 Å². The van der Waals surface area contributed by atoms with E-state index in [2.05, 4.69) is 49.1 Å². The standard InChI is InChI=1S/C17H32N4/c1-6-16(4)14-21(17(7-2,8-3)13-18-16)12-10-15-9-11-19-20(15)5/h9,11,18H,6-8,10,12-14H2,1-5H3. The van der Waals surface area contributed by atoms with Crippen LogP contribution >= 0.6 is 0 Å². The lowest BCUT2D eigenvalue weighted by atomic mass is 9.82. The van der Waals surface area contributed by atoms with Crippen molar-refractivity contribution in [3.05, 3.63) is 18.0 Å². The minimum Gasteiger partial charge on any atom is -0.308 e. The monoisotopic (exact) mass is 292 g/mol. The average molecular weight is 292 g/mol. The van der Waals surface area contributed by atoms with Gasteiger partial charge < -0.3 is 5.32 Å². The maximum atomic E-state index is 4.29. The van der Waals surface area contributed by atoms with Gasteiger partial charge in [0, 0.05) is 56.1 Å². The van der Waals surface area contributed by atoms with Gasteiger partial charge in [-0.3, -0.25) is 9.58 Å². The first-order valence-electron chi connectivity index (χ1n) is 8.45. The molecule has 2 heterocycles. The molecule has 1 aromatic heterocycles. The fraction of sp³-hybridized carbons (Fsp3) is 0.824. The van der Waals surface area contributed by atoms with E-state index in [0.29, 0.717) is 5.54 Å². The lowest BCUT2D eigenvalue weighted by Gasteiger charge is -2.53. The van der Waals surface area contributed by atoms with Gasteiger partial charge in [-0.2, -0.15) is 5.10 Å². The highest BCUT2D eigenvalue weighted by Crippen LogP contribution is 2.31. The molecule has 0 aromatic carbocycles. The Balaban J connectivity index is 2.11. The number of aryl methyl sites for hydroxylation is 1. The molecular weight excluding hydrogens is 260 g/mol. The number of hydrogen-bond donors (Lipinski definition) is 1. The van der Waals surface area contributed by atoms with Gasteiger partial charge in [0.05, 0.1) is 0 Å². The van der Waals surface area contributed by atoms with E-state index in [-0.39, 0.29) is 5.54 Å². The highest BCUT2D eigenvalue weighted by atomic mass is 15.3. The number of nitrogens with one attached hydrogen (secondary N) is 1. The average Bonchev–Trinajstić information content (AvgIpc) is 2.91. The van der Waals surface area contributed by atoms with Gasteiger partial charge in [-0.15, -0.1) is 0 Å². The summed E-state index contributed by atoms with van der Waals surface area (Å²) < 4.78 is 2.00. The van der Waals surface area contributed by atoms with Crippen molar-refractivity contribution < 1.29 is 0 Å². The number of aromatic nitrogens is 2. The van der Waals surface area contributed by atoms with E-state index in [4.69, 9.17) is 0 Å². The van der Waals surface area contributed by atoms with E-state index in [9.17, 15) is 0 Å². The van der Waals surface area contributed by atoms with Crippen molar-refractivity contribution in [3.8, 4) is 0 Å². The zero-order valence-electron chi connectivity index (χ0n) is 14.4. The second-order valence-electron chi connectivity index (χ2n) is 6.82.